The number of aromatic nitrogens is 3. The number of pyridine rings is 1. The summed E-state index contributed by atoms with van der Waals surface area (Å²) in [5.41, 5.74) is 6.67. The number of imidazole rings is 1. The normalized spacial score (nSPS) is 12.2. The molecular weight excluding hydrogens is 422 g/mol. The van der Waals surface area contributed by atoms with Crippen LogP contribution in [0.25, 0.3) is 50.2 Å². The third-order valence-electron chi connectivity index (χ3n) is 6.37. The second-order valence-electron chi connectivity index (χ2n) is 9.65. The monoisotopic (exact) mass is 447 g/mol. The summed E-state index contributed by atoms with van der Waals surface area (Å²) in [5, 5.41) is 3.65. The topological polar surface area (TPSA) is 43.9 Å². The Morgan fingerprint density at radius 2 is 1.67 bits per heavy atom. The molecule has 0 bridgehead atoms. The highest BCUT2D eigenvalue weighted by Crippen LogP contribution is 2.37. The number of hydrogen-bond acceptors (Lipinski definition) is 3. The van der Waals surface area contributed by atoms with Crippen LogP contribution in [-0.4, -0.2) is 22.6 Å². The summed E-state index contributed by atoms with van der Waals surface area (Å²) >= 11 is 0. The number of furan rings is 1. The molecule has 0 unspecified atom stereocenters. The maximum Gasteiger partial charge on any atom is 0.165 e. The van der Waals surface area contributed by atoms with Crippen molar-refractivity contribution in [3.63, 3.8) is 0 Å². The van der Waals surface area contributed by atoms with Crippen LogP contribution in [0.2, 0.25) is 19.6 Å². The van der Waals surface area contributed by atoms with Crippen molar-refractivity contribution in [2.24, 2.45) is 0 Å². The van der Waals surface area contributed by atoms with Gasteiger partial charge in [0, 0.05) is 22.7 Å². The van der Waals surface area contributed by atoms with E-state index in [2.05, 4.69) is 79.7 Å². The molecule has 0 spiro atoms. The Morgan fingerprint density at radius 1 is 0.848 bits per heavy atom. The van der Waals surface area contributed by atoms with E-state index in [0.29, 0.717) is 0 Å². The molecule has 0 fully saturated rings. The smallest absolute Gasteiger partial charge is 0.165 e. The molecule has 3 aromatic carbocycles. The summed E-state index contributed by atoms with van der Waals surface area (Å²) in [6.07, 6.45) is 1.85. The molecule has 0 amide bonds. The maximum absolute atomic E-state index is 6.54. The number of benzene rings is 3. The molecule has 33 heavy (non-hydrogen) atoms. The van der Waals surface area contributed by atoms with Crippen LogP contribution in [0.15, 0.2) is 83.4 Å². The van der Waals surface area contributed by atoms with E-state index in [1.165, 1.54) is 5.19 Å². The van der Waals surface area contributed by atoms with Crippen molar-refractivity contribution in [2.45, 2.75) is 26.6 Å². The second kappa shape index (κ2) is 7.15. The van der Waals surface area contributed by atoms with Crippen molar-refractivity contribution in [3.8, 4) is 17.1 Å². The molecule has 0 aliphatic heterocycles. The summed E-state index contributed by atoms with van der Waals surface area (Å²) in [7, 11) is -1.44. The lowest BCUT2D eigenvalue weighted by atomic mass is 10.1. The van der Waals surface area contributed by atoms with Crippen LogP contribution in [0, 0.1) is 6.92 Å². The molecule has 6 aromatic rings. The number of para-hydroxylation sites is 2. The number of rotatable bonds is 3. The fraction of sp³-hybridized carbons (Fsp3) is 0.143. The molecule has 0 radical (unpaired) electrons. The largest absolute Gasteiger partial charge is 0.455 e. The molecule has 6 rings (SSSR count). The summed E-state index contributed by atoms with van der Waals surface area (Å²) in [6.45, 7) is 9.16. The third-order valence-corrected chi connectivity index (χ3v) is 8.41. The first-order chi connectivity index (χ1) is 15.9. The first kappa shape index (κ1) is 19.9. The molecule has 0 saturated heterocycles. The molecule has 0 aliphatic carbocycles. The van der Waals surface area contributed by atoms with Gasteiger partial charge in [-0.15, -0.1) is 0 Å². The third kappa shape index (κ3) is 3.11. The highest BCUT2D eigenvalue weighted by Gasteiger charge is 2.22. The SMILES string of the molecule is Cc1ccnc2c1nc(-c1cccc3c1oc1cc([Si](C)(C)C)ccc13)n2-c1ccccc1. The predicted molar refractivity (Wildman–Crippen MR) is 139 cm³/mol. The van der Waals surface area contributed by atoms with Crippen LogP contribution in [0.4, 0.5) is 0 Å². The first-order valence-electron chi connectivity index (χ1n) is 11.3. The number of fused-ring (bicyclic) bond motifs is 4. The Labute approximate surface area is 193 Å². The minimum absolute atomic E-state index is 0.841. The van der Waals surface area contributed by atoms with E-state index in [1.54, 1.807) is 0 Å². The van der Waals surface area contributed by atoms with E-state index in [1.807, 2.05) is 30.5 Å². The zero-order chi connectivity index (χ0) is 22.7. The molecule has 0 aliphatic rings. The molecule has 3 aromatic heterocycles. The van der Waals surface area contributed by atoms with Crippen molar-refractivity contribution in [1.82, 2.24) is 14.5 Å². The molecule has 0 saturated carbocycles. The van der Waals surface area contributed by atoms with Crippen molar-refractivity contribution in [2.75, 3.05) is 0 Å². The van der Waals surface area contributed by atoms with E-state index < -0.39 is 8.07 Å². The van der Waals surface area contributed by atoms with Crippen LogP contribution in [0.3, 0.4) is 0 Å². The Balaban J connectivity index is 1.69. The maximum atomic E-state index is 6.54. The van der Waals surface area contributed by atoms with Gasteiger partial charge in [0.25, 0.3) is 0 Å². The van der Waals surface area contributed by atoms with E-state index in [9.17, 15) is 0 Å². The number of nitrogens with zero attached hydrogens (tertiary/aromatic N) is 3. The van der Waals surface area contributed by atoms with Crippen LogP contribution < -0.4 is 5.19 Å². The van der Waals surface area contributed by atoms with Gasteiger partial charge < -0.3 is 4.42 Å². The average molecular weight is 448 g/mol. The van der Waals surface area contributed by atoms with Gasteiger partial charge in [0.2, 0.25) is 0 Å². The van der Waals surface area contributed by atoms with Gasteiger partial charge in [0.15, 0.2) is 11.5 Å². The number of hydrogen-bond donors (Lipinski definition) is 0. The quantitative estimate of drug-likeness (QED) is 0.279. The van der Waals surface area contributed by atoms with E-state index >= 15 is 0 Å². The lowest BCUT2D eigenvalue weighted by molar-refractivity contribution is 0.669. The minimum atomic E-state index is -1.44. The predicted octanol–water partition coefficient (Wildman–Crippen LogP) is 6.84. The molecule has 5 heteroatoms. The van der Waals surface area contributed by atoms with Gasteiger partial charge >= 0.3 is 0 Å². The molecule has 162 valence electrons. The summed E-state index contributed by atoms with van der Waals surface area (Å²) in [5.74, 6) is 0.841. The van der Waals surface area contributed by atoms with Crippen LogP contribution in [0.1, 0.15) is 5.56 Å². The van der Waals surface area contributed by atoms with Gasteiger partial charge in [-0.1, -0.05) is 67.3 Å². The fourth-order valence-corrected chi connectivity index (χ4v) is 5.68. The van der Waals surface area contributed by atoms with Crippen LogP contribution >= 0.6 is 0 Å². The lowest BCUT2D eigenvalue weighted by Gasteiger charge is -2.15. The van der Waals surface area contributed by atoms with Crippen LogP contribution in [0.5, 0.6) is 0 Å². The molecular formula is C28H25N3OSi. The van der Waals surface area contributed by atoms with Crippen molar-refractivity contribution < 1.29 is 4.42 Å². The lowest BCUT2D eigenvalue weighted by Crippen LogP contribution is -2.37. The Morgan fingerprint density at radius 3 is 2.45 bits per heavy atom. The molecule has 0 atom stereocenters. The average Bonchev–Trinajstić information content (AvgIpc) is 3.38. The zero-order valence-electron chi connectivity index (χ0n) is 19.3. The highest BCUT2D eigenvalue weighted by molar-refractivity contribution is 6.88. The molecule has 4 nitrogen and oxygen atoms in total. The molecule has 0 N–H and O–H groups in total. The van der Waals surface area contributed by atoms with Crippen LogP contribution in [-0.2, 0) is 0 Å². The van der Waals surface area contributed by atoms with Gasteiger partial charge in [-0.3, -0.25) is 4.57 Å². The van der Waals surface area contributed by atoms with E-state index in [4.69, 9.17) is 14.4 Å². The van der Waals surface area contributed by atoms with Crippen molar-refractivity contribution >= 4 is 46.4 Å². The Kier molecular flexibility index (Phi) is 4.32. The zero-order valence-corrected chi connectivity index (χ0v) is 20.3. The van der Waals surface area contributed by atoms with Gasteiger partial charge in [-0.2, -0.15) is 0 Å². The van der Waals surface area contributed by atoms with Gasteiger partial charge in [0.1, 0.15) is 16.7 Å². The fourth-order valence-electron chi connectivity index (χ4n) is 4.54. The Bertz CT molecular complexity index is 1660. The summed E-state index contributed by atoms with van der Waals surface area (Å²) in [6, 6.07) is 25.3. The minimum Gasteiger partial charge on any atom is -0.455 e. The Hall–Kier alpha value is -3.70. The standard InChI is InChI=1S/C28H25N3OSi/c1-18-15-16-29-28-25(18)30-27(31(28)19-9-6-5-7-10-19)23-12-8-11-22-21-14-13-20(33(2,3)4)17-24(21)32-26(22)23/h5-17H,1-4H3. The van der Waals surface area contributed by atoms with Crippen molar-refractivity contribution in [1.29, 1.82) is 0 Å². The van der Waals surface area contributed by atoms with E-state index in [-0.39, 0.29) is 0 Å². The van der Waals surface area contributed by atoms with Gasteiger partial charge in [-0.25, -0.2) is 9.97 Å². The van der Waals surface area contributed by atoms with E-state index in [0.717, 1.165) is 55.7 Å². The van der Waals surface area contributed by atoms with Gasteiger partial charge in [-0.05, 0) is 42.8 Å². The van der Waals surface area contributed by atoms with Crippen molar-refractivity contribution in [3.05, 3.63) is 84.6 Å². The highest BCUT2D eigenvalue weighted by atomic mass is 28.3. The summed E-state index contributed by atoms with van der Waals surface area (Å²) < 4.78 is 8.68. The number of aryl methyl sites for hydroxylation is 1. The first-order valence-corrected chi connectivity index (χ1v) is 14.8. The second-order valence-corrected chi connectivity index (χ2v) is 14.7. The van der Waals surface area contributed by atoms with Gasteiger partial charge in [0.05, 0.1) is 13.6 Å². The molecule has 3 heterocycles. The summed E-state index contributed by atoms with van der Waals surface area (Å²) in [4.78, 5) is 9.78.